The fraction of sp³-hybridized carbons (Fsp3) is 0.840. The molecule has 166 valence electrons. The third-order valence-electron chi connectivity index (χ3n) is 7.24. The SMILES string of the molecule is CCCCC[C@H](O)C=C[C@@H]1[C@H]2CC(CNCCCN3CCCCC3)=C[C@H]2C[C@H]1O. The molecule has 1 saturated carbocycles. The Hall–Kier alpha value is -0.680. The predicted molar refractivity (Wildman–Crippen MR) is 121 cm³/mol. The van der Waals surface area contributed by atoms with Crippen molar-refractivity contribution in [3.63, 3.8) is 0 Å². The lowest BCUT2D eigenvalue weighted by atomic mass is 9.89. The van der Waals surface area contributed by atoms with Crippen molar-refractivity contribution in [2.45, 2.75) is 83.3 Å². The van der Waals surface area contributed by atoms with Crippen molar-refractivity contribution >= 4 is 0 Å². The summed E-state index contributed by atoms with van der Waals surface area (Å²) in [6, 6.07) is 0. The normalized spacial score (nSPS) is 31.3. The largest absolute Gasteiger partial charge is 0.392 e. The number of hydrogen-bond donors (Lipinski definition) is 3. The minimum absolute atomic E-state index is 0.202. The fourth-order valence-electron chi connectivity index (χ4n) is 5.55. The summed E-state index contributed by atoms with van der Waals surface area (Å²) >= 11 is 0. The van der Waals surface area contributed by atoms with E-state index in [-0.39, 0.29) is 18.1 Å². The van der Waals surface area contributed by atoms with Crippen LogP contribution in [0.25, 0.3) is 0 Å². The summed E-state index contributed by atoms with van der Waals surface area (Å²) < 4.78 is 0. The van der Waals surface area contributed by atoms with Crippen molar-refractivity contribution in [3.05, 3.63) is 23.8 Å². The lowest BCUT2D eigenvalue weighted by Crippen LogP contribution is -2.32. The van der Waals surface area contributed by atoms with Gasteiger partial charge in [-0.3, -0.25) is 0 Å². The van der Waals surface area contributed by atoms with Gasteiger partial charge in [0, 0.05) is 12.5 Å². The molecule has 0 amide bonds. The molecule has 0 aromatic carbocycles. The topological polar surface area (TPSA) is 55.7 Å². The molecule has 1 saturated heterocycles. The van der Waals surface area contributed by atoms with Gasteiger partial charge < -0.3 is 20.4 Å². The molecule has 3 rings (SSSR count). The van der Waals surface area contributed by atoms with Gasteiger partial charge in [0.25, 0.3) is 0 Å². The number of allylic oxidation sites excluding steroid dienone is 1. The van der Waals surface area contributed by atoms with E-state index in [2.05, 4.69) is 29.3 Å². The van der Waals surface area contributed by atoms with Crippen molar-refractivity contribution in [2.24, 2.45) is 17.8 Å². The first-order valence-electron chi connectivity index (χ1n) is 12.3. The van der Waals surface area contributed by atoms with Crippen molar-refractivity contribution in [3.8, 4) is 0 Å². The zero-order valence-electron chi connectivity index (χ0n) is 18.6. The zero-order valence-corrected chi connectivity index (χ0v) is 18.6. The van der Waals surface area contributed by atoms with Crippen molar-refractivity contribution in [1.29, 1.82) is 0 Å². The number of nitrogens with zero attached hydrogens (tertiary/aromatic N) is 1. The van der Waals surface area contributed by atoms with Gasteiger partial charge in [0.1, 0.15) is 0 Å². The van der Waals surface area contributed by atoms with Gasteiger partial charge in [0.15, 0.2) is 0 Å². The molecular formula is C25H44N2O2. The number of unbranched alkanes of at least 4 members (excludes halogenated alkanes) is 2. The smallest absolute Gasteiger partial charge is 0.0721 e. The highest BCUT2D eigenvalue weighted by Gasteiger charge is 2.43. The average molecular weight is 405 g/mol. The Morgan fingerprint density at radius 2 is 2.03 bits per heavy atom. The second-order valence-electron chi connectivity index (χ2n) is 9.62. The molecule has 0 spiro atoms. The molecule has 0 aromatic rings. The number of aliphatic hydroxyl groups excluding tert-OH is 2. The first kappa shape index (κ1) is 23.0. The van der Waals surface area contributed by atoms with Crippen LogP contribution in [0, 0.1) is 17.8 Å². The molecule has 0 radical (unpaired) electrons. The van der Waals surface area contributed by atoms with Gasteiger partial charge in [-0.05, 0) is 76.5 Å². The number of nitrogens with one attached hydrogen (secondary N) is 1. The van der Waals surface area contributed by atoms with Crippen LogP contribution in [0.4, 0.5) is 0 Å². The minimum Gasteiger partial charge on any atom is -0.392 e. The minimum atomic E-state index is -0.358. The van der Waals surface area contributed by atoms with Crippen LogP contribution in [0.3, 0.4) is 0 Å². The van der Waals surface area contributed by atoms with Crippen molar-refractivity contribution in [2.75, 3.05) is 32.7 Å². The van der Waals surface area contributed by atoms with Crippen molar-refractivity contribution in [1.82, 2.24) is 10.2 Å². The van der Waals surface area contributed by atoms with E-state index in [9.17, 15) is 10.2 Å². The molecule has 4 heteroatoms. The molecule has 0 bridgehead atoms. The Morgan fingerprint density at radius 3 is 2.83 bits per heavy atom. The van der Waals surface area contributed by atoms with Crippen LogP contribution >= 0.6 is 0 Å². The Labute approximate surface area is 178 Å². The van der Waals surface area contributed by atoms with E-state index in [0.717, 1.165) is 38.8 Å². The summed E-state index contributed by atoms with van der Waals surface area (Å²) in [4.78, 5) is 2.61. The van der Waals surface area contributed by atoms with Gasteiger partial charge in [0.2, 0.25) is 0 Å². The van der Waals surface area contributed by atoms with E-state index in [4.69, 9.17) is 0 Å². The number of hydrogen-bond acceptors (Lipinski definition) is 4. The third-order valence-corrected chi connectivity index (χ3v) is 7.24. The Balaban J connectivity index is 1.34. The van der Waals surface area contributed by atoms with E-state index >= 15 is 0 Å². The second kappa shape index (κ2) is 12.2. The summed E-state index contributed by atoms with van der Waals surface area (Å²) in [5, 5.41) is 24.3. The molecule has 3 aliphatic rings. The number of aliphatic hydroxyl groups is 2. The molecule has 5 atom stereocenters. The Bertz CT molecular complexity index is 527. The first-order chi connectivity index (χ1) is 14.2. The summed E-state index contributed by atoms with van der Waals surface area (Å²) in [5.74, 6) is 1.24. The van der Waals surface area contributed by atoms with Gasteiger partial charge >= 0.3 is 0 Å². The van der Waals surface area contributed by atoms with Crippen LogP contribution in [-0.4, -0.2) is 60.0 Å². The van der Waals surface area contributed by atoms with Crippen LogP contribution in [0.1, 0.15) is 71.1 Å². The highest BCUT2D eigenvalue weighted by atomic mass is 16.3. The molecule has 1 heterocycles. The molecule has 29 heavy (non-hydrogen) atoms. The standard InChI is InChI=1S/C25H44N2O2/c1-2-3-5-9-22(28)10-11-23-24-17-20(16-21(24)18-25(23)29)19-26-12-8-15-27-13-6-4-7-14-27/h10-11,16,21-26,28-29H,2-9,12-15,17-19H2,1H3/t21-,22-,23+,24-,25+/m0/s1. The molecule has 2 fully saturated rings. The van der Waals surface area contributed by atoms with Gasteiger partial charge in [0.05, 0.1) is 12.2 Å². The van der Waals surface area contributed by atoms with Crippen molar-refractivity contribution < 1.29 is 10.2 Å². The maximum absolute atomic E-state index is 10.5. The maximum atomic E-state index is 10.5. The number of likely N-dealkylation sites (tertiary alicyclic amines) is 1. The van der Waals surface area contributed by atoms with Crippen LogP contribution in [0.2, 0.25) is 0 Å². The molecule has 0 unspecified atom stereocenters. The summed E-state index contributed by atoms with van der Waals surface area (Å²) in [7, 11) is 0. The molecular weight excluding hydrogens is 360 g/mol. The number of rotatable bonds is 12. The zero-order chi connectivity index (χ0) is 20.5. The second-order valence-corrected chi connectivity index (χ2v) is 9.62. The maximum Gasteiger partial charge on any atom is 0.0721 e. The van der Waals surface area contributed by atoms with E-state index in [1.54, 1.807) is 0 Å². The predicted octanol–water partition coefficient (Wildman–Crippen LogP) is 3.89. The van der Waals surface area contributed by atoms with E-state index in [0.29, 0.717) is 11.8 Å². The lowest BCUT2D eigenvalue weighted by Gasteiger charge is -2.26. The van der Waals surface area contributed by atoms with Gasteiger partial charge in [-0.1, -0.05) is 56.4 Å². The molecule has 2 aliphatic carbocycles. The van der Waals surface area contributed by atoms with E-state index in [1.807, 2.05) is 6.08 Å². The third kappa shape index (κ3) is 7.20. The Kier molecular flexibility index (Phi) is 9.71. The van der Waals surface area contributed by atoms with Crippen LogP contribution in [0.5, 0.6) is 0 Å². The Morgan fingerprint density at radius 1 is 1.21 bits per heavy atom. The first-order valence-corrected chi connectivity index (χ1v) is 12.3. The average Bonchev–Trinajstić information content (AvgIpc) is 3.23. The fourth-order valence-corrected chi connectivity index (χ4v) is 5.55. The van der Waals surface area contributed by atoms with Crippen LogP contribution in [0.15, 0.2) is 23.8 Å². The summed E-state index contributed by atoms with van der Waals surface area (Å²) in [6.07, 6.45) is 17.5. The monoisotopic (exact) mass is 404 g/mol. The quantitative estimate of drug-likeness (QED) is 0.341. The van der Waals surface area contributed by atoms with Gasteiger partial charge in [-0.2, -0.15) is 0 Å². The van der Waals surface area contributed by atoms with E-state index < -0.39 is 0 Å². The number of piperidine rings is 1. The lowest BCUT2D eigenvalue weighted by molar-refractivity contribution is 0.139. The van der Waals surface area contributed by atoms with Crippen LogP contribution in [-0.2, 0) is 0 Å². The highest BCUT2D eigenvalue weighted by molar-refractivity contribution is 5.21. The van der Waals surface area contributed by atoms with E-state index in [1.165, 1.54) is 63.7 Å². The molecule has 3 N–H and O–H groups in total. The van der Waals surface area contributed by atoms with Crippen LogP contribution < -0.4 is 5.32 Å². The molecule has 1 aliphatic heterocycles. The summed E-state index contributed by atoms with van der Waals surface area (Å²) in [5.41, 5.74) is 1.52. The highest BCUT2D eigenvalue weighted by Crippen LogP contribution is 2.47. The molecule has 0 aromatic heterocycles. The molecule has 4 nitrogen and oxygen atoms in total. The van der Waals surface area contributed by atoms with Gasteiger partial charge in [-0.25, -0.2) is 0 Å². The van der Waals surface area contributed by atoms with Gasteiger partial charge in [-0.15, -0.1) is 0 Å². The number of fused-ring (bicyclic) bond motifs is 1. The summed E-state index contributed by atoms with van der Waals surface area (Å²) in [6.45, 7) is 8.10.